The SMILES string of the molecule is C=CC(=O)c1cc(F)c(Cl)nc1Cl. The maximum atomic E-state index is 12.8. The molecule has 13 heavy (non-hydrogen) atoms. The summed E-state index contributed by atoms with van der Waals surface area (Å²) < 4.78 is 12.8. The van der Waals surface area contributed by atoms with Crippen LogP contribution in [0.4, 0.5) is 4.39 Å². The number of hydrogen-bond donors (Lipinski definition) is 0. The van der Waals surface area contributed by atoms with Crippen molar-refractivity contribution in [1.82, 2.24) is 4.98 Å². The van der Waals surface area contributed by atoms with E-state index >= 15 is 0 Å². The Morgan fingerprint density at radius 1 is 1.54 bits per heavy atom. The van der Waals surface area contributed by atoms with E-state index in [1.165, 1.54) is 0 Å². The van der Waals surface area contributed by atoms with Gasteiger partial charge in [-0.25, -0.2) is 9.37 Å². The van der Waals surface area contributed by atoms with Crippen molar-refractivity contribution >= 4 is 29.0 Å². The molecule has 0 atom stereocenters. The highest BCUT2D eigenvalue weighted by molar-refractivity contribution is 6.35. The number of allylic oxidation sites excluding steroid dienone is 1. The Kier molecular flexibility index (Phi) is 3.01. The Labute approximate surface area is 84.0 Å². The van der Waals surface area contributed by atoms with Gasteiger partial charge in [0.2, 0.25) is 0 Å². The van der Waals surface area contributed by atoms with Crippen LogP contribution in [0.2, 0.25) is 10.3 Å². The molecule has 1 heterocycles. The van der Waals surface area contributed by atoms with Crippen LogP contribution in [0.5, 0.6) is 0 Å². The lowest BCUT2D eigenvalue weighted by molar-refractivity contribution is 0.104. The number of nitrogens with zero attached hydrogens (tertiary/aromatic N) is 1. The molecule has 0 amide bonds. The van der Waals surface area contributed by atoms with E-state index in [1.54, 1.807) is 0 Å². The Hall–Kier alpha value is -0.930. The third kappa shape index (κ3) is 2.05. The van der Waals surface area contributed by atoms with Crippen LogP contribution in [0, 0.1) is 5.82 Å². The van der Waals surface area contributed by atoms with Gasteiger partial charge in [-0.15, -0.1) is 0 Å². The molecule has 0 aliphatic carbocycles. The molecule has 1 rings (SSSR count). The lowest BCUT2D eigenvalue weighted by Gasteiger charge is -2.00. The zero-order valence-electron chi connectivity index (χ0n) is 6.35. The first-order valence-electron chi connectivity index (χ1n) is 3.24. The molecule has 68 valence electrons. The van der Waals surface area contributed by atoms with Gasteiger partial charge in [0.1, 0.15) is 5.15 Å². The minimum Gasteiger partial charge on any atom is -0.289 e. The summed E-state index contributed by atoms with van der Waals surface area (Å²) in [7, 11) is 0. The van der Waals surface area contributed by atoms with Gasteiger partial charge in [-0.3, -0.25) is 4.79 Å². The number of carbonyl (C=O) groups excluding carboxylic acids is 1. The molecular weight excluding hydrogens is 216 g/mol. The van der Waals surface area contributed by atoms with E-state index in [-0.39, 0.29) is 15.9 Å². The van der Waals surface area contributed by atoms with Gasteiger partial charge in [-0.05, 0) is 12.1 Å². The minimum absolute atomic E-state index is 0.0430. The third-order valence-corrected chi connectivity index (χ3v) is 1.89. The molecule has 1 aromatic heterocycles. The number of aromatic nitrogens is 1. The molecule has 0 fully saturated rings. The van der Waals surface area contributed by atoms with Gasteiger partial charge in [0.05, 0.1) is 5.56 Å². The van der Waals surface area contributed by atoms with E-state index in [0.717, 1.165) is 12.1 Å². The van der Waals surface area contributed by atoms with E-state index in [9.17, 15) is 9.18 Å². The van der Waals surface area contributed by atoms with Crippen molar-refractivity contribution in [1.29, 1.82) is 0 Å². The number of carbonyl (C=O) groups is 1. The zero-order chi connectivity index (χ0) is 10.0. The summed E-state index contributed by atoms with van der Waals surface area (Å²) in [5.74, 6) is -1.27. The van der Waals surface area contributed by atoms with Crippen LogP contribution in [-0.2, 0) is 0 Å². The summed E-state index contributed by atoms with van der Waals surface area (Å²) in [5, 5.41) is -0.484. The van der Waals surface area contributed by atoms with E-state index in [0.29, 0.717) is 0 Å². The molecule has 0 spiro atoms. The van der Waals surface area contributed by atoms with E-state index in [2.05, 4.69) is 11.6 Å². The average molecular weight is 220 g/mol. The molecule has 0 aliphatic heterocycles. The van der Waals surface area contributed by atoms with Crippen molar-refractivity contribution in [3.05, 3.63) is 40.4 Å². The molecule has 0 radical (unpaired) electrons. The van der Waals surface area contributed by atoms with Gasteiger partial charge in [-0.2, -0.15) is 0 Å². The molecule has 0 saturated carbocycles. The van der Waals surface area contributed by atoms with Gasteiger partial charge in [0.15, 0.2) is 16.8 Å². The Morgan fingerprint density at radius 2 is 2.15 bits per heavy atom. The lowest BCUT2D eigenvalue weighted by atomic mass is 10.2. The fraction of sp³-hybridized carbons (Fsp3) is 0. The van der Waals surface area contributed by atoms with Gasteiger partial charge in [0.25, 0.3) is 0 Å². The number of pyridine rings is 1. The molecule has 0 bridgehead atoms. The van der Waals surface area contributed by atoms with Crippen molar-refractivity contribution in [2.45, 2.75) is 0 Å². The highest BCUT2D eigenvalue weighted by atomic mass is 35.5. The minimum atomic E-state index is -0.781. The summed E-state index contributed by atoms with van der Waals surface area (Å²) in [5.41, 5.74) is -0.0430. The maximum absolute atomic E-state index is 12.8. The third-order valence-electron chi connectivity index (χ3n) is 1.34. The van der Waals surface area contributed by atoms with E-state index in [4.69, 9.17) is 23.2 Å². The predicted molar refractivity (Wildman–Crippen MR) is 48.7 cm³/mol. The summed E-state index contributed by atoms with van der Waals surface area (Å²) >= 11 is 10.9. The van der Waals surface area contributed by atoms with Crippen molar-refractivity contribution in [3.63, 3.8) is 0 Å². The quantitative estimate of drug-likeness (QED) is 0.435. The van der Waals surface area contributed by atoms with Gasteiger partial charge in [-0.1, -0.05) is 29.8 Å². The molecular formula is C8H4Cl2FNO. The molecule has 1 aromatic rings. The lowest BCUT2D eigenvalue weighted by Crippen LogP contribution is -1.99. The van der Waals surface area contributed by atoms with Crippen LogP contribution < -0.4 is 0 Å². The van der Waals surface area contributed by atoms with Crippen LogP contribution >= 0.6 is 23.2 Å². The van der Waals surface area contributed by atoms with Gasteiger partial charge < -0.3 is 0 Å². The standard InChI is InChI=1S/C8H4Cl2FNO/c1-2-6(13)4-3-5(11)8(10)12-7(4)9/h2-3H,1H2. The summed E-state index contributed by atoms with van der Waals surface area (Å²) in [6.07, 6.45) is 1.02. The summed E-state index contributed by atoms with van der Waals surface area (Å²) in [4.78, 5) is 14.5. The summed E-state index contributed by atoms with van der Waals surface area (Å²) in [6.45, 7) is 3.24. The van der Waals surface area contributed by atoms with E-state index < -0.39 is 11.6 Å². The van der Waals surface area contributed by atoms with Crippen molar-refractivity contribution in [3.8, 4) is 0 Å². The maximum Gasteiger partial charge on any atom is 0.188 e. The van der Waals surface area contributed by atoms with Crippen molar-refractivity contribution < 1.29 is 9.18 Å². The molecule has 0 aliphatic rings. The molecule has 0 saturated heterocycles. The topological polar surface area (TPSA) is 30.0 Å². The smallest absolute Gasteiger partial charge is 0.188 e. The monoisotopic (exact) mass is 219 g/mol. The van der Waals surface area contributed by atoms with Gasteiger partial charge >= 0.3 is 0 Å². The predicted octanol–water partition coefficient (Wildman–Crippen LogP) is 2.90. The second-order valence-electron chi connectivity index (χ2n) is 2.17. The molecule has 5 heteroatoms. The molecule has 0 aromatic carbocycles. The molecule has 2 nitrogen and oxygen atoms in total. The Balaban J connectivity index is 3.31. The number of hydrogen-bond acceptors (Lipinski definition) is 2. The van der Waals surface area contributed by atoms with Crippen LogP contribution in [0.1, 0.15) is 10.4 Å². The number of ketones is 1. The van der Waals surface area contributed by atoms with Crippen molar-refractivity contribution in [2.75, 3.05) is 0 Å². The molecule has 0 unspecified atom stereocenters. The zero-order valence-corrected chi connectivity index (χ0v) is 7.86. The van der Waals surface area contributed by atoms with E-state index in [1.807, 2.05) is 0 Å². The fourth-order valence-electron chi connectivity index (χ4n) is 0.728. The van der Waals surface area contributed by atoms with Crippen LogP contribution in [0.25, 0.3) is 0 Å². The van der Waals surface area contributed by atoms with Crippen LogP contribution in [-0.4, -0.2) is 10.8 Å². The fourth-order valence-corrected chi connectivity index (χ4v) is 1.14. The highest BCUT2D eigenvalue weighted by Gasteiger charge is 2.12. The first-order valence-corrected chi connectivity index (χ1v) is 4.00. The second-order valence-corrected chi connectivity index (χ2v) is 2.88. The first kappa shape index (κ1) is 10.2. The Morgan fingerprint density at radius 3 is 2.69 bits per heavy atom. The average Bonchev–Trinajstić information content (AvgIpc) is 2.10. The van der Waals surface area contributed by atoms with Gasteiger partial charge in [0, 0.05) is 0 Å². The normalized spacial score (nSPS) is 9.77. The molecule has 0 N–H and O–H groups in total. The van der Waals surface area contributed by atoms with Crippen LogP contribution in [0.15, 0.2) is 18.7 Å². The Bertz CT molecular complexity index is 379. The summed E-state index contributed by atoms with van der Waals surface area (Å²) in [6, 6.07) is 0.932. The highest BCUT2D eigenvalue weighted by Crippen LogP contribution is 2.20. The largest absolute Gasteiger partial charge is 0.289 e. The van der Waals surface area contributed by atoms with Crippen LogP contribution in [0.3, 0.4) is 0 Å². The number of rotatable bonds is 2. The first-order chi connectivity index (χ1) is 6.06. The number of halogens is 3. The second kappa shape index (κ2) is 3.85. The van der Waals surface area contributed by atoms with Crippen molar-refractivity contribution in [2.24, 2.45) is 0 Å².